The van der Waals surface area contributed by atoms with Crippen LogP contribution in [0.25, 0.3) is 0 Å². The highest BCUT2D eigenvalue weighted by Gasteiger charge is 2.39. The van der Waals surface area contributed by atoms with Gasteiger partial charge in [0, 0.05) is 12.2 Å². The van der Waals surface area contributed by atoms with E-state index in [1.165, 1.54) is 32.6 Å². The first-order valence-electron chi connectivity index (χ1n) is 10.6. The molecule has 1 aliphatic heterocycles. The van der Waals surface area contributed by atoms with E-state index in [0.717, 1.165) is 49.7 Å². The SMILES string of the molecule is CC(C)(C1CCC(O)CC1)C1CCC(O)CC1.CC(O)CO.O=C1C=CC(=O)O1. The maximum atomic E-state index is 9.92. The van der Waals surface area contributed by atoms with Gasteiger partial charge >= 0.3 is 11.9 Å². The number of rotatable bonds is 3. The van der Waals surface area contributed by atoms with Crippen LogP contribution in [0, 0.1) is 17.3 Å². The third-order valence-electron chi connectivity index (χ3n) is 6.32. The van der Waals surface area contributed by atoms with Crippen molar-refractivity contribution in [2.75, 3.05) is 6.61 Å². The third kappa shape index (κ3) is 9.38. The van der Waals surface area contributed by atoms with E-state index in [4.69, 9.17) is 10.2 Å². The Bertz CT molecular complexity index is 485. The van der Waals surface area contributed by atoms with E-state index >= 15 is 0 Å². The molecule has 2 saturated carbocycles. The largest absolute Gasteiger partial charge is 0.394 e. The van der Waals surface area contributed by atoms with Gasteiger partial charge in [-0.1, -0.05) is 13.8 Å². The second kappa shape index (κ2) is 12.4. The van der Waals surface area contributed by atoms with Gasteiger partial charge in [0.15, 0.2) is 0 Å². The first kappa shape index (κ1) is 25.8. The van der Waals surface area contributed by atoms with Crippen LogP contribution in [-0.4, -0.2) is 57.3 Å². The Balaban J connectivity index is 0.000000288. The van der Waals surface area contributed by atoms with Crippen molar-refractivity contribution in [2.45, 2.75) is 90.4 Å². The van der Waals surface area contributed by atoms with Crippen molar-refractivity contribution >= 4 is 11.9 Å². The molecule has 0 spiro atoms. The molecule has 2 fully saturated rings. The molecule has 4 N–H and O–H groups in total. The molecule has 0 bridgehead atoms. The lowest BCUT2D eigenvalue weighted by Crippen LogP contribution is -2.38. The van der Waals surface area contributed by atoms with Crippen LogP contribution in [0.5, 0.6) is 0 Å². The minimum absolute atomic E-state index is 0.0461. The summed E-state index contributed by atoms with van der Waals surface area (Å²) in [5.41, 5.74) is 0.389. The summed E-state index contributed by atoms with van der Waals surface area (Å²) in [5.74, 6) is 0.382. The fraction of sp³-hybridized carbons (Fsp3) is 0.818. The summed E-state index contributed by atoms with van der Waals surface area (Å²) < 4.78 is 3.97. The van der Waals surface area contributed by atoms with Gasteiger partial charge in [0.2, 0.25) is 0 Å². The molecular formula is C22H38O7. The van der Waals surface area contributed by atoms with Crippen molar-refractivity contribution in [3.63, 3.8) is 0 Å². The van der Waals surface area contributed by atoms with Gasteiger partial charge in [0.05, 0.1) is 24.9 Å². The Kier molecular flexibility index (Phi) is 11.0. The van der Waals surface area contributed by atoms with E-state index in [1.807, 2.05) is 0 Å². The summed E-state index contributed by atoms with van der Waals surface area (Å²) in [4.78, 5) is 19.8. The van der Waals surface area contributed by atoms with Crippen LogP contribution in [0.4, 0.5) is 0 Å². The quantitative estimate of drug-likeness (QED) is 0.412. The van der Waals surface area contributed by atoms with Gasteiger partial charge in [0.1, 0.15) is 0 Å². The van der Waals surface area contributed by atoms with Crippen molar-refractivity contribution in [3.05, 3.63) is 12.2 Å². The average molecular weight is 415 g/mol. The van der Waals surface area contributed by atoms with Gasteiger partial charge in [-0.3, -0.25) is 0 Å². The predicted molar refractivity (Wildman–Crippen MR) is 109 cm³/mol. The second-order valence-electron chi connectivity index (χ2n) is 8.94. The maximum absolute atomic E-state index is 9.92. The lowest BCUT2D eigenvalue weighted by molar-refractivity contribution is -0.150. The molecule has 7 heteroatoms. The number of hydrogen-bond donors (Lipinski definition) is 4. The van der Waals surface area contributed by atoms with E-state index in [1.54, 1.807) is 0 Å². The van der Waals surface area contributed by atoms with Gasteiger partial charge in [-0.15, -0.1) is 0 Å². The molecule has 1 unspecified atom stereocenters. The molecule has 0 saturated heterocycles. The van der Waals surface area contributed by atoms with Crippen molar-refractivity contribution in [2.24, 2.45) is 17.3 Å². The zero-order chi connectivity index (χ0) is 22.0. The molecule has 0 aromatic rings. The number of ether oxygens (including phenoxy) is 1. The summed E-state index contributed by atoms with van der Waals surface area (Å²) >= 11 is 0. The van der Waals surface area contributed by atoms with Crippen molar-refractivity contribution in [1.29, 1.82) is 0 Å². The lowest BCUT2D eigenvalue weighted by atomic mass is 9.60. The fourth-order valence-corrected chi connectivity index (χ4v) is 4.28. The first-order chi connectivity index (χ1) is 13.6. The van der Waals surface area contributed by atoms with Crippen molar-refractivity contribution < 1.29 is 34.8 Å². The number of aliphatic hydroxyl groups excluding tert-OH is 4. The van der Waals surface area contributed by atoms with Gasteiger partial charge in [-0.05, 0) is 75.5 Å². The topological polar surface area (TPSA) is 124 Å². The van der Waals surface area contributed by atoms with Crippen LogP contribution < -0.4 is 0 Å². The minimum Gasteiger partial charge on any atom is -0.394 e. The zero-order valence-corrected chi connectivity index (χ0v) is 17.9. The van der Waals surface area contributed by atoms with E-state index in [9.17, 15) is 19.8 Å². The molecular weight excluding hydrogens is 376 g/mol. The van der Waals surface area contributed by atoms with Gasteiger partial charge in [0.25, 0.3) is 0 Å². The Labute approximate surface area is 173 Å². The average Bonchev–Trinajstić information content (AvgIpc) is 3.06. The number of esters is 2. The molecule has 29 heavy (non-hydrogen) atoms. The monoisotopic (exact) mass is 414 g/mol. The van der Waals surface area contributed by atoms with Crippen LogP contribution in [0.3, 0.4) is 0 Å². The highest BCUT2D eigenvalue weighted by atomic mass is 16.6. The first-order valence-corrected chi connectivity index (χ1v) is 10.6. The third-order valence-corrected chi connectivity index (χ3v) is 6.32. The number of carbonyl (C=O) groups is 2. The van der Waals surface area contributed by atoms with Crippen LogP contribution in [0.2, 0.25) is 0 Å². The summed E-state index contributed by atoms with van der Waals surface area (Å²) in [5, 5.41) is 35.2. The van der Waals surface area contributed by atoms with Crippen molar-refractivity contribution in [3.8, 4) is 0 Å². The Morgan fingerprint density at radius 1 is 0.897 bits per heavy atom. The summed E-state index contributed by atoms with van der Waals surface area (Å²) in [7, 11) is 0. The smallest absolute Gasteiger partial charge is 0.338 e. The van der Waals surface area contributed by atoms with Crippen LogP contribution in [-0.2, 0) is 14.3 Å². The van der Waals surface area contributed by atoms with E-state index < -0.39 is 18.0 Å². The van der Waals surface area contributed by atoms with Gasteiger partial charge < -0.3 is 25.2 Å². The van der Waals surface area contributed by atoms with Crippen molar-refractivity contribution in [1.82, 2.24) is 0 Å². The Morgan fingerprint density at radius 3 is 1.41 bits per heavy atom. The molecule has 0 aromatic heterocycles. The molecule has 7 nitrogen and oxygen atoms in total. The number of aliphatic hydroxyl groups is 4. The van der Waals surface area contributed by atoms with E-state index in [0.29, 0.717) is 5.41 Å². The highest BCUT2D eigenvalue weighted by molar-refractivity contribution is 6.04. The molecule has 0 radical (unpaired) electrons. The molecule has 0 aromatic carbocycles. The summed E-state index contributed by atoms with van der Waals surface area (Å²) in [6, 6.07) is 0. The number of cyclic esters (lactones) is 2. The summed E-state index contributed by atoms with van der Waals surface area (Å²) in [6.45, 7) is 6.22. The molecule has 1 atom stereocenters. The highest BCUT2D eigenvalue weighted by Crippen LogP contribution is 2.48. The van der Waals surface area contributed by atoms with Crippen LogP contribution >= 0.6 is 0 Å². The molecule has 2 aliphatic carbocycles. The molecule has 1 heterocycles. The van der Waals surface area contributed by atoms with Gasteiger partial charge in [-0.2, -0.15) is 0 Å². The maximum Gasteiger partial charge on any atom is 0.338 e. The molecule has 3 rings (SSSR count). The zero-order valence-electron chi connectivity index (χ0n) is 17.9. The fourth-order valence-electron chi connectivity index (χ4n) is 4.28. The van der Waals surface area contributed by atoms with Gasteiger partial charge in [-0.25, -0.2) is 9.59 Å². The summed E-state index contributed by atoms with van der Waals surface area (Å²) in [6.07, 6.45) is 10.2. The number of hydrogen-bond acceptors (Lipinski definition) is 7. The minimum atomic E-state index is -0.579. The van der Waals surface area contributed by atoms with E-state index in [-0.39, 0.29) is 18.8 Å². The van der Waals surface area contributed by atoms with E-state index in [2.05, 4.69) is 18.6 Å². The lowest BCUT2D eigenvalue weighted by Gasteiger charge is -2.46. The number of carbonyl (C=O) groups excluding carboxylic acids is 2. The predicted octanol–water partition coefficient (Wildman–Crippen LogP) is 2.10. The van der Waals surface area contributed by atoms with Crippen LogP contribution in [0.15, 0.2) is 12.2 Å². The Morgan fingerprint density at radius 2 is 1.21 bits per heavy atom. The normalized spacial score (nSPS) is 30.4. The van der Waals surface area contributed by atoms with Crippen LogP contribution in [0.1, 0.15) is 72.1 Å². The standard InChI is InChI=1S/C15H28O2.C4H2O3.C3H8O2/c1-15(2,11-3-7-13(16)8-4-11)12-5-9-14(17)10-6-12;5-3-1-2-4(6)7-3;1-3(5)2-4/h11-14,16-17H,3-10H2,1-2H3;1-2H;3-5H,2H2,1H3. The molecule has 3 aliphatic rings. The molecule has 0 amide bonds. The second-order valence-corrected chi connectivity index (χ2v) is 8.94. The Hall–Kier alpha value is -1.28. The molecule has 168 valence electrons.